The van der Waals surface area contributed by atoms with E-state index in [0.717, 1.165) is 0 Å². The van der Waals surface area contributed by atoms with Gasteiger partial charge in [-0.25, -0.2) is 9.59 Å². The van der Waals surface area contributed by atoms with Gasteiger partial charge in [-0.3, -0.25) is 9.59 Å². The van der Waals surface area contributed by atoms with Crippen molar-refractivity contribution in [3.05, 3.63) is 60.1 Å². The molecule has 8 atom stereocenters. The van der Waals surface area contributed by atoms with Gasteiger partial charge in [-0.15, -0.1) is 0 Å². The van der Waals surface area contributed by atoms with Crippen LogP contribution in [0.2, 0.25) is 0 Å². The molecule has 1 aromatic heterocycles. The van der Waals surface area contributed by atoms with Gasteiger partial charge in [0.05, 0.1) is 33.9 Å². The topological polar surface area (TPSA) is 148 Å². The Morgan fingerprint density at radius 2 is 1.53 bits per heavy atom. The third kappa shape index (κ3) is 5.23. The minimum Gasteiger partial charge on any atom is -0.458 e. The normalized spacial score (nSPS) is 35.1. The molecule has 1 N–H and O–H groups in total. The van der Waals surface area contributed by atoms with Crippen molar-refractivity contribution in [1.29, 1.82) is 0 Å². The Bertz CT molecular complexity index is 1450. The van der Waals surface area contributed by atoms with Crippen molar-refractivity contribution >= 4 is 23.9 Å². The van der Waals surface area contributed by atoms with Crippen LogP contribution in [0.3, 0.4) is 0 Å². The number of hydrogen-bond donors (Lipinski definition) is 1. The van der Waals surface area contributed by atoms with Crippen molar-refractivity contribution in [2.45, 2.75) is 109 Å². The molecule has 1 saturated heterocycles. The zero-order valence-electron chi connectivity index (χ0n) is 26.9. The second-order valence-corrected chi connectivity index (χ2v) is 14.3. The van der Waals surface area contributed by atoms with Gasteiger partial charge < -0.3 is 33.2 Å². The fourth-order valence-corrected chi connectivity index (χ4v) is 7.63. The van der Waals surface area contributed by atoms with E-state index in [-0.39, 0.29) is 24.2 Å². The predicted molar refractivity (Wildman–Crippen MR) is 158 cm³/mol. The van der Waals surface area contributed by atoms with Crippen LogP contribution >= 0.6 is 0 Å². The van der Waals surface area contributed by atoms with Crippen LogP contribution in [0, 0.1) is 16.7 Å². The summed E-state index contributed by atoms with van der Waals surface area (Å²) in [6, 6.07) is 11.3. The molecule has 5 rings (SSSR count). The first kappa shape index (κ1) is 32.7. The van der Waals surface area contributed by atoms with Crippen molar-refractivity contribution in [3.8, 4) is 0 Å². The molecule has 11 nitrogen and oxygen atoms in total. The zero-order valence-corrected chi connectivity index (χ0v) is 26.9. The van der Waals surface area contributed by atoms with Gasteiger partial charge in [-0.05, 0) is 79.2 Å². The Kier molecular flexibility index (Phi) is 7.97. The molecule has 1 spiro atoms. The summed E-state index contributed by atoms with van der Waals surface area (Å²) >= 11 is 0. The van der Waals surface area contributed by atoms with Crippen LogP contribution < -0.4 is 0 Å². The van der Waals surface area contributed by atoms with Crippen molar-refractivity contribution in [2.24, 2.45) is 16.7 Å². The highest BCUT2D eigenvalue weighted by Crippen LogP contribution is 2.69. The van der Waals surface area contributed by atoms with E-state index in [1.165, 1.54) is 26.2 Å². The van der Waals surface area contributed by atoms with Crippen LogP contribution in [-0.2, 0) is 33.3 Å². The monoisotopic (exact) mass is 626 g/mol. The molecular weight excluding hydrogens is 584 g/mol. The molecule has 3 aliphatic rings. The van der Waals surface area contributed by atoms with E-state index >= 15 is 0 Å². The van der Waals surface area contributed by atoms with Gasteiger partial charge in [0.15, 0.2) is 6.10 Å². The summed E-state index contributed by atoms with van der Waals surface area (Å²) in [5.41, 5.74) is -6.94. The maximum Gasteiger partial charge on any atom is 0.374 e. The van der Waals surface area contributed by atoms with Gasteiger partial charge in [0.1, 0.15) is 23.9 Å². The minimum absolute atomic E-state index is 0.0554. The summed E-state index contributed by atoms with van der Waals surface area (Å²) in [4.78, 5) is 53.0. The highest BCUT2D eigenvalue weighted by atomic mass is 16.6. The summed E-state index contributed by atoms with van der Waals surface area (Å²) in [5.74, 6) is -3.32. The van der Waals surface area contributed by atoms with Gasteiger partial charge in [-0.1, -0.05) is 18.2 Å². The van der Waals surface area contributed by atoms with E-state index in [1.54, 1.807) is 64.1 Å². The Morgan fingerprint density at radius 1 is 0.867 bits per heavy atom. The average Bonchev–Trinajstić information content (AvgIpc) is 3.54. The molecule has 244 valence electrons. The van der Waals surface area contributed by atoms with Crippen molar-refractivity contribution < 1.29 is 52.4 Å². The standard InChI is InChI=1S/C34H42O11/c1-19(35)41-26-23(42-27(36)20-13-10-9-11-14-20)18-32(7,39)34-25(44-29(38)30(2,3)4)21(31(5,6)45-34)17-24(33(26,34)8)43-28(37)22-15-12-16-40-22/h9-16,21,23-26,39H,17-18H2,1-8H3/t21-,23+,24+,25-,26+,32+,33-,34+/m1/s1. The fraction of sp³-hybridized carbons (Fsp3) is 0.588. The SMILES string of the molecule is CC(=O)O[C@H]1[C@@H](OC(=O)c2ccccc2)C[C@](C)(O)[C@]23OC(C)(C)[C@H](C[C@H](OC(=O)c4ccco4)[C@]12C)[C@H]3OC(=O)C(C)(C)C. The molecule has 2 aliphatic carbocycles. The first-order valence-electron chi connectivity index (χ1n) is 15.2. The quantitative estimate of drug-likeness (QED) is 0.353. The Balaban J connectivity index is 1.70. The van der Waals surface area contributed by atoms with Gasteiger partial charge in [0.2, 0.25) is 5.76 Å². The minimum atomic E-state index is -1.87. The van der Waals surface area contributed by atoms with Crippen LogP contribution in [0.15, 0.2) is 53.1 Å². The Labute approximate surface area is 262 Å². The van der Waals surface area contributed by atoms with Gasteiger partial charge in [-0.2, -0.15) is 0 Å². The number of fused-ring (bicyclic) bond motifs is 1. The lowest BCUT2D eigenvalue weighted by molar-refractivity contribution is -0.344. The third-order valence-electron chi connectivity index (χ3n) is 9.73. The molecule has 0 unspecified atom stereocenters. The molecule has 11 heteroatoms. The molecule has 1 aliphatic heterocycles. The average molecular weight is 627 g/mol. The number of rotatable bonds is 6. The molecule has 1 aromatic carbocycles. The predicted octanol–water partition coefficient (Wildman–Crippen LogP) is 4.65. The van der Waals surface area contributed by atoms with Crippen molar-refractivity contribution in [1.82, 2.24) is 0 Å². The smallest absolute Gasteiger partial charge is 0.374 e. The summed E-state index contributed by atoms with van der Waals surface area (Å²) in [5, 5.41) is 12.6. The van der Waals surface area contributed by atoms with E-state index in [4.69, 9.17) is 28.1 Å². The zero-order chi connectivity index (χ0) is 33.2. The number of furan rings is 1. The van der Waals surface area contributed by atoms with Crippen LogP contribution in [0.1, 0.15) is 89.1 Å². The number of carbonyl (C=O) groups is 4. The van der Waals surface area contributed by atoms with Crippen molar-refractivity contribution in [3.63, 3.8) is 0 Å². The Hall–Kier alpha value is -3.70. The van der Waals surface area contributed by atoms with Crippen LogP contribution in [0.25, 0.3) is 0 Å². The molecule has 2 aromatic rings. The summed E-state index contributed by atoms with van der Waals surface area (Å²) in [6.45, 7) is 13.2. The first-order valence-corrected chi connectivity index (χ1v) is 15.2. The summed E-state index contributed by atoms with van der Waals surface area (Å²) in [6.07, 6.45) is -3.45. The number of hydrogen-bond acceptors (Lipinski definition) is 11. The maximum absolute atomic E-state index is 13.5. The van der Waals surface area contributed by atoms with Crippen LogP contribution in [0.5, 0.6) is 0 Å². The molecule has 3 fully saturated rings. The highest BCUT2D eigenvalue weighted by molar-refractivity contribution is 5.89. The molecular formula is C34H42O11. The molecule has 2 bridgehead atoms. The van der Waals surface area contributed by atoms with Crippen molar-refractivity contribution in [2.75, 3.05) is 0 Å². The molecule has 2 saturated carbocycles. The number of benzene rings is 1. The van der Waals surface area contributed by atoms with E-state index < -0.39 is 81.8 Å². The lowest BCUT2D eigenvalue weighted by Gasteiger charge is -2.65. The second-order valence-electron chi connectivity index (χ2n) is 14.3. The summed E-state index contributed by atoms with van der Waals surface area (Å²) < 4.78 is 36.6. The van der Waals surface area contributed by atoms with Gasteiger partial charge >= 0.3 is 23.9 Å². The molecule has 0 radical (unpaired) electrons. The van der Waals surface area contributed by atoms with E-state index in [1.807, 2.05) is 13.8 Å². The highest BCUT2D eigenvalue weighted by Gasteiger charge is 2.84. The van der Waals surface area contributed by atoms with Gasteiger partial charge in [0, 0.05) is 19.3 Å². The summed E-state index contributed by atoms with van der Waals surface area (Å²) in [7, 11) is 0. The molecule has 45 heavy (non-hydrogen) atoms. The van der Waals surface area contributed by atoms with E-state index in [2.05, 4.69) is 0 Å². The lowest BCUT2D eigenvalue weighted by Crippen LogP contribution is -2.81. The van der Waals surface area contributed by atoms with E-state index in [9.17, 15) is 24.3 Å². The number of ether oxygens (including phenoxy) is 5. The second kappa shape index (κ2) is 11.0. The van der Waals surface area contributed by atoms with E-state index in [0.29, 0.717) is 0 Å². The largest absolute Gasteiger partial charge is 0.458 e. The maximum atomic E-state index is 13.5. The number of aliphatic hydroxyl groups is 1. The Morgan fingerprint density at radius 3 is 2.11 bits per heavy atom. The molecule has 2 heterocycles. The fourth-order valence-electron chi connectivity index (χ4n) is 7.63. The number of carbonyl (C=O) groups excluding carboxylic acids is 4. The third-order valence-corrected chi connectivity index (χ3v) is 9.73. The number of esters is 4. The lowest BCUT2D eigenvalue weighted by atomic mass is 9.47. The first-order chi connectivity index (χ1) is 20.8. The van der Waals surface area contributed by atoms with Crippen LogP contribution in [0.4, 0.5) is 0 Å². The molecule has 0 amide bonds. The van der Waals surface area contributed by atoms with Gasteiger partial charge in [0.25, 0.3) is 0 Å². The van der Waals surface area contributed by atoms with Crippen LogP contribution in [-0.4, -0.2) is 70.2 Å².